The quantitative estimate of drug-likeness (QED) is 0.107. The molecule has 0 N–H and O–H groups in total. The van der Waals surface area contributed by atoms with Gasteiger partial charge in [-0.2, -0.15) is 15.0 Å². The lowest BCUT2D eigenvalue weighted by molar-refractivity contribution is 0.420. The lowest BCUT2D eigenvalue weighted by Crippen LogP contribution is -2.74. The van der Waals surface area contributed by atoms with Crippen molar-refractivity contribution in [1.82, 2.24) is 24.1 Å². The number of hydrogen-bond acceptors (Lipinski definition) is 3. The summed E-state index contributed by atoms with van der Waals surface area (Å²) in [7, 11) is -3.24. The smallest absolute Gasteiger partial charge is 0.240 e. The highest BCUT2D eigenvalue weighted by atomic mass is 28.3. The van der Waals surface area contributed by atoms with Gasteiger partial charge in [0.1, 0.15) is 0 Å². The Hall–Kier alpha value is -8.19. The van der Waals surface area contributed by atoms with Crippen LogP contribution in [-0.4, -0.2) is 32.2 Å². The van der Waals surface area contributed by atoms with Gasteiger partial charge >= 0.3 is 0 Å². The average molecular weight is 891 g/mol. The monoisotopic (exact) mass is 890 g/mol. The van der Waals surface area contributed by atoms with Crippen LogP contribution in [0.15, 0.2) is 230 Å². The number of aromatic nitrogens is 5. The second-order valence-corrected chi connectivity index (χ2v) is 20.6. The molecule has 318 valence electrons. The van der Waals surface area contributed by atoms with Crippen LogP contribution in [0.25, 0.3) is 78.0 Å². The molecular formula is C61H45N5Si. The van der Waals surface area contributed by atoms with E-state index in [2.05, 4.69) is 60.7 Å². The minimum atomic E-state index is -3.24. The molecule has 12 aromatic rings. The fraction of sp³-hybridized carbons (Fsp3) is 0.0656. The van der Waals surface area contributed by atoms with Crippen molar-refractivity contribution in [2.45, 2.75) is 25.2 Å². The molecule has 3 aromatic heterocycles. The van der Waals surface area contributed by atoms with Crippen molar-refractivity contribution >= 4 is 72.4 Å². The SMILES string of the molecule is [2H]c1c([2H])c([2H])c2c(c1[2H])c1c([2H])c([2H])c([2H])c([2H])c1n2-c1nc(-c2ccc([Si](c3ccccc3)(c3ccccc3)c3cccc(-c4ccccc4)c3)cc2)nc(-n2c3c([2H])c([2H])c([2H])c([2H])c3c3c([2H])c([2H])c(C4CCC4)c([2H])c32)n1. The van der Waals surface area contributed by atoms with Gasteiger partial charge in [0.15, 0.2) is 13.9 Å². The van der Waals surface area contributed by atoms with Gasteiger partial charge in [0.05, 0.1) is 42.6 Å². The first-order valence-corrected chi connectivity index (χ1v) is 24.2. The summed E-state index contributed by atoms with van der Waals surface area (Å²) < 4.78 is 140. The standard InChI is InChI=1S/C61H45N5Si/c1-4-18-42(19-5-1)45-22-17-27-50(40-45)67(47-23-6-2-7-24-47,48-25-8-3-9-26-48)49-37-34-44(35-38-49)59-62-60(65-55-31-13-10-28-51(55)52-29-11-14-32-56(52)65)64-61(63-59)66-57-33-15-12-30-53(57)54-39-36-46(41-58(54)66)43-20-16-21-43/h1-15,17-19,22-41,43H,16,20-21H2/i10D,11D,12D,13D,14D,15D,28D,29D,30D,31D,32D,33D,36D,39D,41D. The highest BCUT2D eigenvalue weighted by Gasteiger charge is 2.41. The molecular weight excluding hydrogens is 831 g/mol. The Balaban J connectivity index is 1.16. The molecule has 1 aliphatic carbocycles. The van der Waals surface area contributed by atoms with Crippen LogP contribution in [0.5, 0.6) is 0 Å². The average Bonchev–Trinajstić information content (AvgIpc) is 4.19. The van der Waals surface area contributed by atoms with E-state index < -0.39 is 86.5 Å². The van der Waals surface area contributed by atoms with Crippen LogP contribution in [0.3, 0.4) is 0 Å². The van der Waals surface area contributed by atoms with E-state index in [4.69, 9.17) is 23.2 Å². The second kappa shape index (κ2) is 16.1. The Bertz CT molecular complexity index is 4550. The first kappa shape index (κ1) is 26.7. The van der Waals surface area contributed by atoms with Gasteiger partial charge in [-0.05, 0) is 80.4 Å². The Labute approximate surface area is 411 Å². The van der Waals surface area contributed by atoms with Crippen LogP contribution in [0, 0.1) is 0 Å². The van der Waals surface area contributed by atoms with Crippen molar-refractivity contribution in [3.8, 4) is 34.4 Å². The number of benzene rings is 9. The topological polar surface area (TPSA) is 48.5 Å². The predicted molar refractivity (Wildman–Crippen MR) is 280 cm³/mol. The summed E-state index contributed by atoms with van der Waals surface area (Å²) in [5, 5.41) is 3.54. The summed E-state index contributed by atoms with van der Waals surface area (Å²) in [6.07, 6.45) is 2.11. The zero-order valence-corrected chi connectivity index (χ0v) is 36.7. The van der Waals surface area contributed by atoms with Gasteiger partial charge in [-0.25, -0.2) is 0 Å². The number of para-hydroxylation sites is 3. The van der Waals surface area contributed by atoms with Crippen LogP contribution in [0.4, 0.5) is 0 Å². The highest BCUT2D eigenvalue weighted by Crippen LogP contribution is 2.40. The molecule has 0 saturated heterocycles. The fourth-order valence-corrected chi connectivity index (χ4v) is 14.5. The van der Waals surface area contributed by atoms with Crippen LogP contribution in [0.2, 0.25) is 0 Å². The van der Waals surface area contributed by atoms with Crippen molar-refractivity contribution in [2.24, 2.45) is 0 Å². The summed E-state index contributed by atoms with van der Waals surface area (Å²) in [4.78, 5) is 15.1. The maximum Gasteiger partial charge on any atom is 0.240 e. The molecule has 0 spiro atoms. The third-order valence-electron chi connectivity index (χ3n) is 13.1. The van der Waals surface area contributed by atoms with E-state index >= 15 is 0 Å². The molecule has 67 heavy (non-hydrogen) atoms. The molecule has 3 heterocycles. The number of hydrogen-bond donors (Lipinski definition) is 0. The molecule has 1 saturated carbocycles. The molecule has 13 rings (SSSR count). The third-order valence-corrected chi connectivity index (χ3v) is 17.9. The van der Waals surface area contributed by atoms with Crippen LogP contribution >= 0.6 is 0 Å². The van der Waals surface area contributed by atoms with Crippen LogP contribution in [0.1, 0.15) is 51.3 Å². The molecule has 6 heteroatoms. The van der Waals surface area contributed by atoms with E-state index in [-0.39, 0.29) is 85.0 Å². The Morgan fingerprint density at radius 3 is 1.45 bits per heavy atom. The molecule has 1 aliphatic rings. The van der Waals surface area contributed by atoms with E-state index in [1.165, 1.54) is 4.57 Å². The van der Waals surface area contributed by atoms with Crippen molar-refractivity contribution < 1.29 is 20.6 Å². The van der Waals surface area contributed by atoms with Crippen molar-refractivity contribution in [1.29, 1.82) is 0 Å². The molecule has 0 unspecified atom stereocenters. The maximum absolute atomic E-state index is 9.91. The van der Waals surface area contributed by atoms with Crippen molar-refractivity contribution in [3.05, 3.63) is 236 Å². The molecule has 0 aliphatic heterocycles. The Morgan fingerprint density at radius 2 is 0.896 bits per heavy atom. The summed E-state index contributed by atoms with van der Waals surface area (Å²) in [6, 6.07) is 38.9. The van der Waals surface area contributed by atoms with Gasteiger partial charge in [0.25, 0.3) is 0 Å². The van der Waals surface area contributed by atoms with E-state index in [9.17, 15) is 12.3 Å². The first-order valence-electron chi connectivity index (χ1n) is 29.7. The van der Waals surface area contributed by atoms with E-state index in [1.54, 1.807) is 0 Å². The fourth-order valence-electron chi connectivity index (χ4n) is 9.74. The highest BCUT2D eigenvalue weighted by molar-refractivity contribution is 7.19. The Kier molecular flexibility index (Phi) is 6.39. The van der Waals surface area contributed by atoms with Gasteiger partial charge < -0.3 is 0 Å². The molecule has 0 bridgehead atoms. The van der Waals surface area contributed by atoms with E-state index in [0.29, 0.717) is 18.4 Å². The zero-order valence-electron chi connectivity index (χ0n) is 50.7. The lowest BCUT2D eigenvalue weighted by atomic mass is 9.80. The molecule has 0 amide bonds. The van der Waals surface area contributed by atoms with Crippen LogP contribution in [-0.2, 0) is 0 Å². The zero-order chi connectivity index (χ0) is 57.4. The minimum absolute atomic E-state index is 0.0753. The van der Waals surface area contributed by atoms with E-state index in [1.807, 2.05) is 78.9 Å². The lowest BCUT2D eigenvalue weighted by Gasteiger charge is -2.34. The number of nitrogens with zero attached hydrogens (tertiary/aromatic N) is 5. The third kappa shape index (κ3) is 6.39. The summed E-state index contributed by atoms with van der Waals surface area (Å²) in [5.41, 5.74) is 1.87. The van der Waals surface area contributed by atoms with Crippen molar-refractivity contribution in [3.63, 3.8) is 0 Å². The summed E-state index contributed by atoms with van der Waals surface area (Å²) in [5.74, 6) is -1.10. The second-order valence-electron chi connectivity index (χ2n) is 16.7. The van der Waals surface area contributed by atoms with Crippen LogP contribution < -0.4 is 20.7 Å². The molecule has 9 aromatic carbocycles. The number of fused-ring (bicyclic) bond motifs is 6. The summed E-state index contributed by atoms with van der Waals surface area (Å²) in [6.45, 7) is 0. The minimum Gasteiger partial charge on any atom is -0.278 e. The summed E-state index contributed by atoms with van der Waals surface area (Å²) >= 11 is 0. The Morgan fingerprint density at radius 1 is 0.418 bits per heavy atom. The molecule has 5 nitrogen and oxygen atoms in total. The van der Waals surface area contributed by atoms with E-state index in [0.717, 1.165) is 42.9 Å². The van der Waals surface area contributed by atoms with Gasteiger partial charge in [0.2, 0.25) is 11.9 Å². The molecule has 0 atom stereocenters. The normalized spacial score (nSPS) is 16.3. The van der Waals surface area contributed by atoms with Gasteiger partial charge in [-0.3, -0.25) is 9.13 Å². The maximum atomic E-state index is 9.91. The van der Waals surface area contributed by atoms with Gasteiger partial charge in [-0.1, -0.05) is 212 Å². The molecule has 0 radical (unpaired) electrons. The first-order chi connectivity index (χ1) is 39.5. The number of rotatable bonds is 9. The van der Waals surface area contributed by atoms with Gasteiger partial charge in [-0.15, -0.1) is 0 Å². The largest absolute Gasteiger partial charge is 0.278 e. The van der Waals surface area contributed by atoms with Crippen molar-refractivity contribution in [2.75, 3.05) is 0 Å². The predicted octanol–water partition coefficient (Wildman–Crippen LogP) is 12.0. The van der Waals surface area contributed by atoms with Gasteiger partial charge in [0, 0.05) is 27.1 Å². The molecule has 1 fully saturated rings.